The summed E-state index contributed by atoms with van der Waals surface area (Å²) in [6.45, 7) is 3.82. The first kappa shape index (κ1) is 15.5. The molecule has 116 valence electrons. The standard InChI is InChI=1S/C15H17N3O2S2/c1-9(19)21-10-5-14(20)18(7-10)15-12(6-16)11-3-4-17(2)8-13(11)22-15/h10H,3-5,7-8H2,1-2H3. The Hall–Kier alpha value is -1.36. The fourth-order valence-corrected chi connectivity index (χ4v) is 5.33. The van der Waals surface area contributed by atoms with Crippen LogP contribution >= 0.6 is 23.1 Å². The van der Waals surface area contributed by atoms with Gasteiger partial charge < -0.3 is 9.80 Å². The minimum atomic E-state index is -0.00153. The summed E-state index contributed by atoms with van der Waals surface area (Å²) < 4.78 is 0. The number of carbonyl (C=O) groups is 2. The molecule has 2 aliphatic heterocycles. The van der Waals surface area contributed by atoms with Crippen LogP contribution in [0.4, 0.5) is 5.00 Å². The minimum absolute atomic E-state index is 0.00153. The molecule has 1 unspecified atom stereocenters. The van der Waals surface area contributed by atoms with E-state index in [1.54, 1.807) is 16.2 Å². The normalized spacial score (nSPS) is 21.8. The maximum absolute atomic E-state index is 12.3. The summed E-state index contributed by atoms with van der Waals surface area (Å²) in [4.78, 5) is 28.7. The predicted octanol–water partition coefficient (Wildman–Crippen LogP) is 1.99. The zero-order valence-corrected chi connectivity index (χ0v) is 14.2. The number of hydrogen-bond donors (Lipinski definition) is 0. The number of anilines is 1. The molecule has 0 radical (unpaired) electrons. The third-order valence-corrected chi connectivity index (χ3v) is 6.23. The van der Waals surface area contributed by atoms with E-state index in [1.807, 2.05) is 0 Å². The summed E-state index contributed by atoms with van der Waals surface area (Å²) in [7, 11) is 2.06. The van der Waals surface area contributed by atoms with Crippen LogP contribution in [0.5, 0.6) is 0 Å². The van der Waals surface area contributed by atoms with E-state index < -0.39 is 0 Å². The minimum Gasteiger partial charge on any atom is -0.302 e. The molecule has 0 aromatic carbocycles. The first-order chi connectivity index (χ1) is 10.5. The molecule has 1 fully saturated rings. The average molecular weight is 335 g/mol. The third kappa shape index (κ3) is 2.78. The highest BCUT2D eigenvalue weighted by molar-refractivity contribution is 8.14. The number of hydrogen-bond acceptors (Lipinski definition) is 6. The number of rotatable bonds is 2. The Balaban J connectivity index is 1.91. The molecule has 0 bridgehead atoms. The van der Waals surface area contributed by atoms with Crippen LogP contribution in [-0.4, -0.2) is 41.3 Å². The number of thiophene rings is 1. The Labute approximate surface area is 137 Å². The largest absolute Gasteiger partial charge is 0.302 e. The van der Waals surface area contributed by atoms with Crippen molar-refractivity contribution in [1.29, 1.82) is 5.26 Å². The van der Waals surface area contributed by atoms with Gasteiger partial charge in [-0.3, -0.25) is 9.59 Å². The molecule has 0 N–H and O–H groups in total. The highest BCUT2D eigenvalue weighted by Gasteiger charge is 2.36. The number of fused-ring (bicyclic) bond motifs is 1. The highest BCUT2D eigenvalue weighted by atomic mass is 32.2. The van der Waals surface area contributed by atoms with Gasteiger partial charge in [-0.2, -0.15) is 5.26 Å². The van der Waals surface area contributed by atoms with E-state index in [-0.39, 0.29) is 16.3 Å². The third-order valence-electron chi connectivity index (χ3n) is 4.01. The van der Waals surface area contributed by atoms with Crippen molar-refractivity contribution >= 4 is 39.1 Å². The molecule has 5 nitrogen and oxygen atoms in total. The molecule has 1 amide bonds. The van der Waals surface area contributed by atoms with Crippen molar-refractivity contribution in [3.05, 3.63) is 16.0 Å². The maximum atomic E-state index is 12.3. The van der Waals surface area contributed by atoms with E-state index in [9.17, 15) is 14.9 Å². The number of carbonyl (C=O) groups excluding carboxylic acids is 2. The van der Waals surface area contributed by atoms with E-state index in [2.05, 4.69) is 18.0 Å². The van der Waals surface area contributed by atoms with Gasteiger partial charge in [0.25, 0.3) is 0 Å². The van der Waals surface area contributed by atoms with Crippen LogP contribution in [0.3, 0.4) is 0 Å². The summed E-state index contributed by atoms with van der Waals surface area (Å²) >= 11 is 2.78. The lowest BCUT2D eigenvalue weighted by molar-refractivity contribution is -0.117. The zero-order chi connectivity index (χ0) is 15.9. The summed E-state index contributed by atoms with van der Waals surface area (Å²) in [5.41, 5.74) is 1.77. The molecule has 0 aliphatic carbocycles. The molecule has 0 saturated carbocycles. The van der Waals surface area contributed by atoms with E-state index in [0.717, 1.165) is 30.1 Å². The van der Waals surface area contributed by atoms with Gasteiger partial charge in [0.05, 0.1) is 5.56 Å². The Kier molecular flexibility index (Phi) is 4.26. The summed E-state index contributed by atoms with van der Waals surface area (Å²) in [6, 6.07) is 2.30. The second-order valence-electron chi connectivity index (χ2n) is 5.72. The Morgan fingerprint density at radius 3 is 2.95 bits per heavy atom. The highest BCUT2D eigenvalue weighted by Crippen LogP contribution is 2.41. The quantitative estimate of drug-likeness (QED) is 0.827. The molecule has 3 heterocycles. The van der Waals surface area contributed by atoms with Crippen molar-refractivity contribution in [1.82, 2.24) is 4.90 Å². The molecule has 22 heavy (non-hydrogen) atoms. The van der Waals surface area contributed by atoms with Crippen molar-refractivity contribution in [3.63, 3.8) is 0 Å². The fourth-order valence-electron chi connectivity index (χ4n) is 3.01. The molecule has 1 atom stereocenters. The van der Waals surface area contributed by atoms with Crippen LogP contribution in [0.1, 0.15) is 29.3 Å². The number of thioether (sulfide) groups is 1. The number of nitriles is 1. The maximum Gasteiger partial charge on any atom is 0.228 e. The number of nitrogens with zero attached hydrogens (tertiary/aromatic N) is 3. The monoisotopic (exact) mass is 335 g/mol. The average Bonchev–Trinajstić information content (AvgIpc) is 2.97. The van der Waals surface area contributed by atoms with Gasteiger partial charge in [0, 0.05) is 43.1 Å². The second-order valence-corrected chi connectivity index (χ2v) is 8.28. The Morgan fingerprint density at radius 1 is 1.50 bits per heavy atom. The molecule has 1 aromatic rings. The summed E-state index contributed by atoms with van der Waals surface area (Å²) in [5, 5.41) is 10.3. The van der Waals surface area contributed by atoms with Crippen LogP contribution in [-0.2, 0) is 22.6 Å². The molecule has 1 saturated heterocycles. The SMILES string of the molecule is CC(=O)SC1CC(=O)N(c2sc3c(c2C#N)CCN(C)C3)C1. The van der Waals surface area contributed by atoms with Crippen molar-refractivity contribution in [3.8, 4) is 6.07 Å². The predicted molar refractivity (Wildman–Crippen MR) is 88.1 cm³/mol. The number of amides is 1. The van der Waals surface area contributed by atoms with Crippen LogP contribution < -0.4 is 4.90 Å². The molecule has 2 aliphatic rings. The van der Waals surface area contributed by atoms with Crippen LogP contribution in [0.15, 0.2) is 0 Å². The lowest BCUT2D eigenvalue weighted by Gasteiger charge is -2.21. The molecule has 0 spiro atoms. The van der Waals surface area contributed by atoms with E-state index in [4.69, 9.17) is 0 Å². The lowest BCUT2D eigenvalue weighted by atomic mass is 10.0. The summed E-state index contributed by atoms with van der Waals surface area (Å²) in [6.07, 6.45) is 1.23. The van der Waals surface area contributed by atoms with Crippen molar-refractivity contribution in [2.45, 2.75) is 31.6 Å². The molecular formula is C15H17N3O2S2. The van der Waals surface area contributed by atoms with Gasteiger partial charge in [-0.1, -0.05) is 11.8 Å². The lowest BCUT2D eigenvalue weighted by Crippen LogP contribution is -2.26. The van der Waals surface area contributed by atoms with Gasteiger partial charge in [0.1, 0.15) is 11.1 Å². The van der Waals surface area contributed by atoms with Gasteiger partial charge >= 0.3 is 0 Å². The van der Waals surface area contributed by atoms with Gasteiger partial charge in [0.2, 0.25) is 5.91 Å². The Bertz CT molecular complexity index is 677. The first-order valence-electron chi connectivity index (χ1n) is 7.20. The van der Waals surface area contributed by atoms with E-state index in [0.29, 0.717) is 18.5 Å². The summed E-state index contributed by atoms with van der Waals surface area (Å²) in [5.74, 6) is 0.0159. The van der Waals surface area contributed by atoms with E-state index >= 15 is 0 Å². The molecule has 7 heteroatoms. The van der Waals surface area contributed by atoms with Crippen molar-refractivity contribution in [2.75, 3.05) is 25.0 Å². The zero-order valence-electron chi connectivity index (χ0n) is 12.6. The van der Waals surface area contributed by atoms with Crippen molar-refractivity contribution < 1.29 is 9.59 Å². The first-order valence-corrected chi connectivity index (χ1v) is 8.90. The van der Waals surface area contributed by atoms with Gasteiger partial charge in [-0.15, -0.1) is 11.3 Å². The van der Waals surface area contributed by atoms with Crippen LogP contribution in [0.25, 0.3) is 0 Å². The molecule has 1 aromatic heterocycles. The van der Waals surface area contributed by atoms with Crippen molar-refractivity contribution in [2.24, 2.45) is 0 Å². The van der Waals surface area contributed by atoms with Crippen LogP contribution in [0, 0.1) is 11.3 Å². The Morgan fingerprint density at radius 2 is 2.27 bits per heavy atom. The topological polar surface area (TPSA) is 64.4 Å². The van der Waals surface area contributed by atoms with Gasteiger partial charge in [-0.25, -0.2) is 0 Å². The second kappa shape index (κ2) is 6.03. The molecular weight excluding hydrogens is 318 g/mol. The number of likely N-dealkylation sites (N-methyl/N-ethyl adjacent to an activating group) is 1. The fraction of sp³-hybridized carbons (Fsp3) is 0.533. The van der Waals surface area contributed by atoms with Crippen LogP contribution in [0.2, 0.25) is 0 Å². The van der Waals surface area contributed by atoms with Gasteiger partial charge in [0.15, 0.2) is 5.12 Å². The molecule has 3 rings (SSSR count). The van der Waals surface area contributed by atoms with E-state index in [1.165, 1.54) is 23.6 Å². The van der Waals surface area contributed by atoms with Gasteiger partial charge in [-0.05, 0) is 19.0 Å². The smallest absolute Gasteiger partial charge is 0.228 e.